The van der Waals surface area contributed by atoms with Gasteiger partial charge in [0.05, 0.1) is 0 Å². The third-order valence-electron chi connectivity index (χ3n) is 6.16. The molecule has 0 radical (unpaired) electrons. The van der Waals surface area contributed by atoms with Crippen molar-refractivity contribution in [1.82, 2.24) is 15.2 Å². The molecule has 1 aromatic carbocycles. The summed E-state index contributed by atoms with van der Waals surface area (Å²) in [5.41, 5.74) is 3.05. The first-order valence-electron chi connectivity index (χ1n) is 10.9. The van der Waals surface area contributed by atoms with E-state index in [0.717, 1.165) is 63.2 Å². The molecule has 0 saturated carbocycles. The Balaban J connectivity index is 1.29. The van der Waals surface area contributed by atoms with E-state index in [1.165, 1.54) is 5.56 Å². The maximum atomic E-state index is 12.7. The molecule has 0 bridgehead atoms. The fourth-order valence-corrected chi connectivity index (χ4v) is 4.24. The minimum Gasteiger partial charge on any atom is -0.357 e. The number of aromatic nitrogens is 1. The maximum Gasteiger partial charge on any atom is 0.254 e. The highest BCUT2D eigenvalue weighted by atomic mass is 16.2. The van der Waals surface area contributed by atoms with Crippen LogP contribution in [0.15, 0.2) is 42.6 Å². The molecule has 2 fully saturated rings. The van der Waals surface area contributed by atoms with E-state index in [9.17, 15) is 9.59 Å². The number of likely N-dealkylation sites (tertiary alicyclic amines) is 1. The van der Waals surface area contributed by atoms with Gasteiger partial charge >= 0.3 is 0 Å². The first kappa shape index (κ1) is 20.4. The van der Waals surface area contributed by atoms with Gasteiger partial charge in [-0.05, 0) is 50.3 Å². The van der Waals surface area contributed by atoms with E-state index in [-0.39, 0.29) is 17.7 Å². The van der Waals surface area contributed by atoms with Crippen LogP contribution in [0.5, 0.6) is 0 Å². The van der Waals surface area contributed by atoms with Gasteiger partial charge < -0.3 is 15.1 Å². The standard InChI is InChI=1S/C24H30N4O2/c1-18-4-6-19(7-5-18)17-26-23(29)20-9-14-27(15-10-20)22-16-21(8-11-25-22)24(30)28-12-2-3-13-28/h4-8,11,16,20H,2-3,9-10,12-15,17H2,1H3,(H,26,29). The van der Waals surface area contributed by atoms with E-state index >= 15 is 0 Å². The number of rotatable bonds is 5. The summed E-state index contributed by atoms with van der Waals surface area (Å²) < 4.78 is 0. The van der Waals surface area contributed by atoms with Gasteiger partial charge in [0.25, 0.3) is 5.91 Å². The van der Waals surface area contributed by atoms with Crippen LogP contribution in [-0.4, -0.2) is 47.9 Å². The van der Waals surface area contributed by atoms with Gasteiger partial charge in [0, 0.05) is 50.4 Å². The summed E-state index contributed by atoms with van der Waals surface area (Å²) in [6, 6.07) is 11.9. The Morgan fingerprint density at radius 1 is 1.03 bits per heavy atom. The summed E-state index contributed by atoms with van der Waals surface area (Å²) in [5, 5.41) is 3.07. The summed E-state index contributed by atoms with van der Waals surface area (Å²) in [6.07, 6.45) is 5.49. The Morgan fingerprint density at radius 3 is 2.43 bits per heavy atom. The van der Waals surface area contributed by atoms with E-state index in [4.69, 9.17) is 0 Å². The number of hydrogen-bond acceptors (Lipinski definition) is 4. The number of nitrogens with zero attached hydrogens (tertiary/aromatic N) is 3. The fourth-order valence-electron chi connectivity index (χ4n) is 4.24. The summed E-state index contributed by atoms with van der Waals surface area (Å²) in [7, 11) is 0. The number of nitrogens with one attached hydrogen (secondary N) is 1. The van der Waals surface area contributed by atoms with Crippen molar-refractivity contribution < 1.29 is 9.59 Å². The van der Waals surface area contributed by atoms with Gasteiger partial charge in [0.2, 0.25) is 5.91 Å². The van der Waals surface area contributed by atoms with Crippen LogP contribution in [0.25, 0.3) is 0 Å². The van der Waals surface area contributed by atoms with Gasteiger partial charge in [-0.25, -0.2) is 4.98 Å². The van der Waals surface area contributed by atoms with E-state index < -0.39 is 0 Å². The van der Waals surface area contributed by atoms with Crippen LogP contribution in [0.1, 0.15) is 47.2 Å². The van der Waals surface area contributed by atoms with Crippen molar-refractivity contribution in [3.8, 4) is 0 Å². The molecule has 0 atom stereocenters. The highest BCUT2D eigenvalue weighted by Crippen LogP contribution is 2.23. The number of carbonyl (C=O) groups excluding carboxylic acids is 2. The number of carbonyl (C=O) groups is 2. The lowest BCUT2D eigenvalue weighted by molar-refractivity contribution is -0.125. The molecule has 3 heterocycles. The number of pyridine rings is 1. The highest BCUT2D eigenvalue weighted by molar-refractivity contribution is 5.95. The number of piperidine rings is 1. The summed E-state index contributed by atoms with van der Waals surface area (Å²) in [6.45, 7) is 5.87. The number of amides is 2. The van der Waals surface area contributed by atoms with Crippen molar-refractivity contribution in [3.63, 3.8) is 0 Å². The van der Waals surface area contributed by atoms with Gasteiger partial charge in [-0.2, -0.15) is 0 Å². The van der Waals surface area contributed by atoms with Gasteiger partial charge in [-0.1, -0.05) is 29.8 Å². The molecular weight excluding hydrogens is 376 g/mol. The molecule has 2 aliphatic rings. The molecule has 4 rings (SSSR count). The maximum absolute atomic E-state index is 12.7. The molecule has 6 heteroatoms. The third-order valence-corrected chi connectivity index (χ3v) is 6.16. The van der Waals surface area contributed by atoms with Crippen LogP contribution >= 0.6 is 0 Å². The first-order chi connectivity index (χ1) is 14.6. The molecule has 0 unspecified atom stereocenters. The largest absolute Gasteiger partial charge is 0.357 e. The lowest BCUT2D eigenvalue weighted by Crippen LogP contribution is -2.40. The van der Waals surface area contributed by atoms with Crippen LogP contribution in [0.3, 0.4) is 0 Å². The summed E-state index contributed by atoms with van der Waals surface area (Å²) in [5.74, 6) is 1.09. The Bertz CT molecular complexity index is 882. The molecule has 0 spiro atoms. The predicted molar refractivity (Wildman–Crippen MR) is 117 cm³/mol. The summed E-state index contributed by atoms with van der Waals surface area (Å²) in [4.78, 5) is 33.8. The van der Waals surface area contributed by atoms with Crippen molar-refractivity contribution in [2.45, 2.75) is 39.2 Å². The van der Waals surface area contributed by atoms with Crippen LogP contribution in [0.2, 0.25) is 0 Å². The average molecular weight is 407 g/mol. The highest BCUT2D eigenvalue weighted by Gasteiger charge is 2.26. The van der Waals surface area contributed by atoms with Crippen molar-refractivity contribution in [2.24, 2.45) is 5.92 Å². The van der Waals surface area contributed by atoms with Crippen molar-refractivity contribution in [1.29, 1.82) is 0 Å². The van der Waals surface area contributed by atoms with Crippen molar-refractivity contribution >= 4 is 17.6 Å². The first-order valence-corrected chi connectivity index (χ1v) is 10.9. The van der Waals surface area contributed by atoms with Crippen LogP contribution in [0.4, 0.5) is 5.82 Å². The van der Waals surface area contributed by atoms with Gasteiger partial charge in [0.1, 0.15) is 5.82 Å². The smallest absolute Gasteiger partial charge is 0.254 e. The van der Waals surface area contributed by atoms with E-state index in [1.54, 1.807) is 12.3 Å². The van der Waals surface area contributed by atoms with Gasteiger partial charge in [0.15, 0.2) is 0 Å². The Labute approximate surface area is 178 Å². The lowest BCUT2D eigenvalue weighted by Gasteiger charge is -2.32. The van der Waals surface area contributed by atoms with Crippen LogP contribution < -0.4 is 10.2 Å². The number of anilines is 1. The minimum absolute atomic E-state index is 0.0288. The zero-order chi connectivity index (χ0) is 20.9. The Kier molecular flexibility index (Phi) is 6.31. The fraction of sp³-hybridized carbons (Fsp3) is 0.458. The second-order valence-electron chi connectivity index (χ2n) is 8.37. The normalized spacial score (nSPS) is 17.2. The number of benzene rings is 1. The Hall–Kier alpha value is -2.89. The molecule has 1 aromatic heterocycles. The quantitative estimate of drug-likeness (QED) is 0.828. The van der Waals surface area contributed by atoms with Gasteiger partial charge in [-0.15, -0.1) is 0 Å². The lowest BCUT2D eigenvalue weighted by atomic mass is 9.95. The van der Waals surface area contributed by atoms with Crippen molar-refractivity contribution in [3.05, 3.63) is 59.3 Å². The zero-order valence-electron chi connectivity index (χ0n) is 17.6. The SMILES string of the molecule is Cc1ccc(CNC(=O)C2CCN(c3cc(C(=O)N4CCCC4)ccn3)CC2)cc1. The molecule has 2 saturated heterocycles. The molecule has 2 aliphatic heterocycles. The average Bonchev–Trinajstić information content (AvgIpc) is 3.33. The third kappa shape index (κ3) is 4.81. The van der Waals surface area contributed by atoms with Crippen LogP contribution in [0, 0.1) is 12.8 Å². The van der Waals surface area contributed by atoms with E-state index in [2.05, 4.69) is 46.4 Å². The van der Waals surface area contributed by atoms with E-state index in [1.807, 2.05) is 11.0 Å². The van der Waals surface area contributed by atoms with Crippen molar-refractivity contribution in [2.75, 3.05) is 31.1 Å². The molecule has 158 valence electrons. The number of hydrogen-bond donors (Lipinski definition) is 1. The molecule has 2 aromatic rings. The monoisotopic (exact) mass is 406 g/mol. The van der Waals surface area contributed by atoms with E-state index in [0.29, 0.717) is 12.1 Å². The Morgan fingerprint density at radius 2 is 1.73 bits per heavy atom. The molecule has 1 N–H and O–H groups in total. The molecule has 2 amide bonds. The molecule has 0 aliphatic carbocycles. The second kappa shape index (κ2) is 9.28. The number of aryl methyl sites for hydroxylation is 1. The predicted octanol–water partition coefficient (Wildman–Crippen LogP) is 3.16. The van der Waals surface area contributed by atoms with Crippen LogP contribution in [-0.2, 0) is 11.3 Å². The minimum atomic E-state index is 0.0288. The topological polar surface area (TPSA) is 65.5 Å². The molecule has 30 heavy (non-hydrogen) atoms. The van der Waals surface area contributed by atoms with Gasteiger partial charge in [-0.3, -0.25) is 9.59 Å². The zero-order valence-corrected chi connectivity index (χ0v) is 17.6. The summed E-state index contributed by atoms with van der Waals surface area (Å²) >= 11 is 0. The molecular formula is C24H30N4O2. The molecule has 6 nitrogen and oxygen atoms in total. The second-order valence-corrected chi connectivity index (χ2v) is 8.37.